The van der Waals surface area contributed by atoms with E-state index in [1.807, 2.05) is 6.26 Å². The molecule has 2 N–H and O–H groups in total. The van der Waals surface area contributed by atoms with Crippen molar-refractivity contribution in [2.24, 2.45) is 0 Å². The van der Waals surface area contributed by atoms with Crippen molar-refractivity contribution in [3.63, 3.8) is 0 Å². The van der Waals surface area contributed by atoms with E-state index in [1.54, 1.807) is 13.8 Å². The molecule has 0 spiro atoms. The highest BCUT2D eigenvalue weighted by Gasteiger charge is 2.27. The van der Waals surface area contributed by atoms with Gasteiger partial charge in [0.15, 0.2) is 0 Å². The molecule has 0 amide bonds. The van der Waals surface area contributed by atoms with Crippen LogP contribution in [0.25, 0.3) is 0 Å². The minimum atomic E-state index is -3.74. The van der Waals surface area contributed by atoms with Gasteiger partial charge in [0, 0.05) is 13.1 Å². The SMILES string of the molecule is CSCC[C@H](NS(=O)(=O)N(C)C(C)C)C(=O)O. The van der Waals surface area contributed by atoms with Crippen LogP contribution >= 0.6 is 11.8 Å². The van der Waals surface area contributed by atoms with E-state index in [1.165, 1.54) is 18.8 Å². The Morgan fingerprint density at radius 3 is 2.35 bits per heavy atom. The van der Waals surface area contributed by atoms with Crippen LogP contribution in [0.15, 0.2) is 0 Å². The van der Waals surface area contributed by atoms with Gasteiger partial charge in [0.2, 0.25) is 0 Å². The molecule has 0 bridgehead atoms. The molecule has 17 heavy (non-hydrogen) atoms. The van der Waals surface area contributed by atoms with Gasteiger partial charge in [0.05, 0.1) is 0 Å². The lowest BCUT2D eigenvalue weighted by molar-refractivity contribution is -0.139. The molecule has 0 aromatic carbocycles. The molecule has 0 saturated heterocycles. The van der Waals surface area contributed by atoms with Crippen LogP contribution in [0.3, 0.4) is 0 Å². The maximum absolute atomic E-state index is 11.8. The number of carboxylic acids is 1. The van der Waals surface area contributed by atoms with Crippen LogP contribution in [-0.4, -0.2) is 54.9 Å². The van der Waals surface area contributed by atoms with Crippen LogP contribution in [-0.2, 0) is 15.0 Å². The summed E-state index contributed by atoms with van der Waals surface area (Å²) in [5.74, 6) is -0.565. The zero-order chi connectivity index (χ0) is 13.6. The van der Waals surface area contributed by atoms with E-state index < -0.39 is 22.2 Å². The summed E-state index contributed by atoms with van der Waals surface area (Å²) in [7, 11) is -2.32. The maximum Gasteiger partial charge on any atom is 0.321 e. The third-order valence-corrected chi connectivity index (χ3v) is 4.71. The number of rotatable bonds is 8. The van der Waals surface area contributed by atoms with Gasteiger partial charge in [-0.3, -0.25) is 4.79 Å². The standard InChI is InChI=1S/C9H20N2O4S2/c1-7(2)11(3)17(14,15)10-8(9(12)13)5-6-16-4/h7-8,10H,5-6H2,1-4H3,(H,12,13)/t8-/m0/s1. The number of nitrogens with zero attached hydrogens (tertiary/aromatic N) is 1. The number of aliphatic carboxylic acids is 1. The molecule has 0 unspecified atom stereocenters. The molecular weight excluding hydrogens is 264 g/mol. The average Bonchev–Trinajstić information content (AvgIpc) is 2.22. The van der Waals surface area contributed by atoms with Gasteiger partial charge in [0.1, 0.15) is 6.04 Å². The Labute approximate surface area is 107 Å². The molecule has 0 rings (SSSR count). The molecule has 0 fully saturated rings. The monoisotopic (exact) mass is 284 g/mol. The molecule has 0 radical (unpaired) electrons. The van der Waals surface area contributed by atoms with Crippen molar-refractivity contribution >= 4 is 27.9 Å². The van der Waals surface area contributed by atoms with Gasteiger partial charge in [-0.2, -0.15) is 29.2 Å². The zero-order valence-electron chi connectivity index (χ0n) is 10.5. The largest absolute Gasteiger partial charge is 0.480 e. The lowest BCUT2D eigenvalue weighted by Gasteiger charge is -2.23. The highest BCUT2D eigenvalue weighted by Crippen LogP contribution is 2.06. The van der Waals surface area contributed by atoms with E-state index in [-0.39, 0.29) is 12.5 Å². The van der Waals surface area contributed by atoms with Crippen molar-refractivity contribution in [3.8, 4) is 0 Å². The number of hydrogen-bond donors (Lipinski definition) is 2. The number of thioether (sulfide) groups is 1. The van der Waals surface area contributed by atoms with Gasteiger partial charge < -0.3 is 5.11 Å². The summed E-state index contributed by atoms with van der Waals surface area (Å²) in [5, 5.41) is 8.93. The van der Waals surface area contributed by atoms with Crippen LogP contribution in [0, 0.1) is 0 Å². The normalized spacial score (nSPS) is 14.2. The molecule has 0 aromatic heterocycles. The van der Waals surface area contributed by atoms with Crippen molar-refractivity contribution < 1.29 is 18.3 Å². The Bertz CT molecular complexity index is 343. The fraction of sp³-hybridized carbons (Fsp3) is 0.889. The highest BCUT2D eigenvalue weighted by molar-refractivity contribution is 7.98. The summed E-state index contributed by atoms with van der Waals surface area (Å²) in [6.07, 6.45) is 2.11. The van der Waals surface area contributed by atoms with E-state index in [0.717, 1.165) is 4.31 Å². The fourth-order valence-corrected chi connectivity index (χ4v) is 2.78. The smallest absolute Gasteiger partial charge is 0.321 e. The van der Waals surface area contributed by atoms with Gasteiger partial charge in [0.25, 0.3) is 10.2 Å². The van der Waals surface area contributed by atoms with Gasteiger partial charge in [-0.1, -0.05) is 0 Å². The summed E-state index contributed by atoms with van der Waals surface area (Å²) in [6, 6.07) is -1.30. The molecular formula is C9H20N2O4S2. The van der Waals surface area contributed by atoms with E-state index >= 15 is 0 Å². The van der Waals surface area contributed by atoms with E-state index in [4.69, 9.17) is 5.11 Å². The first-order valence-electron chi connectivity index (χ1n) is 5.19. The fourth-order valence-electron chi connectivity index (χ4n) is 1.01. The first kappa shape index (κ1) is 16.7. The molecule has 0 heterocycles. The predicted octanol–water partition coefficient (Wildman–Crippen LogP) is 0.367. The van der Waals surface area contributed by atoms with Crippen LogP contribution in [0.1, 0.15) is 20.3 Å². The molecule has 0 aliphatic rings. The van der Waals surface area contributed by atoms with Crippen molar-refractivity contribution in [2.45, 2.75) is 32.4 Å². The lowest BCUT2D eigenvalue weighted by Crippen LogP contribution is -2.49. The highest BCUT2D eigenvalue weighted by atomic mass is 32.2. The Morgan fingerprint density at radius 1 is 1.47 bits per heavy atom. The zero-order valence-corrected chi connectivity index (χ0v) is 12.1. The third-order valence-electron chi connectivity index (χ3n) is 2.31. The minimum Gasteiger partial charge on any atom is -0.480 e. The number of carboxylic acid groups (broad SMARTS) is 1. The molecule has 6 nitrogen and oxygen atoms in total. The van der Waals surface area contributed by atoms with Crippen LogP contribution in [0.4, 0.5) is 0 Å². The quantitative estimate of drug-likeness (QED) is 0.672. The summed E-state index contributed by atoms with van der Waals surface area (Å²) < 4.78 is 26.9. The summed E-state index contributed by atoms with van der Waals surface area (Å²) in [6.45, 7) is 3.44. The van der Waals surface area contributed by atoms with E-state index in [0.29, 0.717) is 5.75 Å². The van der Waals surface area contributed by atoms with Crippen molar-refractivity contribution in [1.82, 2.24) is 9.03 Å². The Hall–Kier alpha value is -0.310. The second-order valence-corrected chi connectivity index (χ2v) is 6.65. The van der Waals surface area contributed by atoms with Gasteiger partial charge in [-0.15, -0.1) is 0 Å². The number of hydrogen-bond acceptors (Lipinski definition) is 4. The minimum absolute atomic E-state index is 0.220. The van der Waals surface area contributed by atoms with E-state index in [9.17, 15) is 13.2 Å². The Kier molecular flexibility index (Phi) is 7.07. The molecule has 0 saturated carbocycles. The van der Waals surface area contributed by atoms with Crippen molar-refractivity contribution in [1.29, 1.82) is 0 Å². The molecule has 1 atom stereocenters. The van der Waals surface area contributed by atoms with Gasteiger partial charge in [-0.25, -0.2) is 0 Å². The summed E-state index contributed by atoms with van der Waals surface area (Å²) >= 11 is 1.48. The molecule has 8 heteroatoms. The number of nitrogens with one attached hydrogen (secondary N) is 1. The number of carbonyl (C=O) groups is 1. The Balaban J connectivity index is 4.69. The van der Waals surface area contributed by atoms with Gasteiger partial charge >= 0.3 is 5.97 Å². The van der Waals surface area contributed by atoms with Crippen LogP contribution in [0.2, 0.25) is 0 Å². The summed E-state index contributed by atoms with van der Waals surface area (Å²) in [4.78, 5) is 10.9. The predicted molar refractivity (Wildman–Crippen MR) is 69.4 cm³/mol. The van der Waals surface area contributed by atoms with E-state index in [2.05, 4.69) is 4.72 Å². The second-order valence-electron chi connectivity index (χ2n) is 3.91. The van der Waals surface area contributed by atoms with Gasteiger partial charge in [-0.05, 0) is 32.3 Å². The van der Waals surface area contributed by atoms with Crippen LogP contribution < -0.4 is 4.72 Å². The lowest BCUT2D eigenvalue weighted by atomic mass is 10.2. The molecule has 0 aromatic rings. The molecule has 0 aliphatic carbocycles. The molecule has 0 aliphatic heterocycles. The first-order chi connectivity index (χ1) is 7.72. The maximum atomic E-state index is 11.8. The topological polar surface area (TPSA) is 86.7 Å². The second kappa shape index (κ2) is 7.20. The first-order valence-corrected chi connectivity index (χ1v) is 8.02. The van der Waals surface area contributed by atoms with Crippen molar-refractivity contribution in [2.75, 3.05) is 19.1 Å². The van der Waals surface area contributed by atoms with Crippen LogP contribution in [0.5, 0.6) is 0 Å². The third kappa shape index (κ3) is 5.71. The molecule has 102 valence electrons. The summed E-state index contributed by atoms with van der Waals surface area (Å²) in [5.41, 5.74) is 0. The van der Waals surface area contributed by atoms with Crippen molar-refractivity contribution in [3.05, 3.63) is 0 Å². The Morgan fingerprint density at radius 2 is 2.00 bits per heavy atom. The average molecular weight is 284 g/mol.